The number of hydrogen-bond acceptors (Lipinski definition) is 4. The molecule has 6 heteroatoms. The number of benzene rings is 1. The van der Waals surface area contributed by atoms with Crippen molar-refractivity contribution in [3.8, 4) is 0 Å². The number of piperazine rings is 1. The fourth-order valence-corrected chi connectivity index (χ4v) is 3.45. The van der Waals surface area contributed by atoms with E-state index >= 15 is 0 Å². The van der Waals surface area contributed by atoms with E-state index in [2.05, 4.69) is 40.0 Å². The largest absolute Gasteiger partial charge is 0.353 e. The van der Waals surface area contributed by atoms with E-state index in [0.29, 0.717) is 5.02 Å². The van der Waals surface area contributed by atoms with Crippen LogP contribution in [-0.2, 0) is 0 Å². The summed E-state index contributed by atoms with van der Waals surface area (Å²) < 4.78 is 1.86. The Morgan fingerprint density at radius 2 is 1.87 bits per heavy atom. The molecule has 1 aliphatic heterocycles. The Morgan fingerprint density at radius 1 is 1.13 bits per heavy atom. The van der Waals surface area contributed by atoms with Gasteiger partial charge >= 0.3 is 0 Å². The van der Waals surface area contributed by atoms with Crippen LogP contribution in [0.1, 0.15) is 12.6 Å². The zero-order valence-electron chi connectivity index (χ0n) is 13.5. The first-order valence-electron chi connectivity index (χ1n) is 8.10. The van der Waals surface area contributed by atoms with Crippen LogP contribution < -0.4 is 4.90 Å². The van der Waals surface area contributed by atoms with Crippen LogP contribution in [0.4, 0.5) is 5.82 Å². The molecule has 0 N–H and O–H groups in total. The van der Waals surface area contributed by atoms with Crippen molar-refractivity contribution in [2.75, 3.05) is 37.6 Å². The van der Waals surface area contributed by atoms with Gasteiger partial charge in [0, 0.05) is 31.6 Å². The number of aryl methyl sites for hydroxylation is 1. The van der Waals surface area contributed by atoms with Gasteiger partial charge in [0.05, 0.1) is 11.2 Å². The summed E-state index contributed by atoms with van der Waals surface area (Å²) in [7, 11) is 0. The summed E-state index contributed by atoms with van der Waals surface area (Å²) in [5.74, 6) is 1.02. The maximum absolute atomic E-state index is 6.43. The number of likely N-dealkylation sites (N-methyl/N-ethyl adjacent to an activating group) is 1. The van der Waals surface area contributed by atoms with Gasteiger partial charge < -0.3 is 9.80 Å². The Hall–Kier alpha value is -1.85. The van der Waals surface area contributed by atoms with Crippen molar-refractivity contribution in [3.05, 3.63) is 35.0 Å². The van der Waals surface area contributed by atoms with Crippen LogP contribution >= 0.6 is 11.6 Å². The molecular weight excluding hydrogens is 310 g/mol. The Labute approximate surface area is 140 Å². The van der Waals surface area contributed by atoms with Gasteiger partial charge in [-0.2, -0.15) is 5.10 Å². The quantitative estimate of drug-likeness (QED) is 0.724. The predicted molar refractivity (Wildman–Crippen MR) is 94.6 cm³/mol. The second kappa shape index (κ2) is 5.65. The predicted octanol–water partition coefficient (Wildman–Crippen LogP) is 2.99. The lowest BCUT2D eigenvalue weighted by Gasteiger charge is -2.35. The Balaban J connectivity index is 1.89. The van der Waals surface area contributed by atoms with Gasteiger partial charge in [-0.3, -0.25) is 0 Å². The third-order valence-corrected chi connectivity index (χ3v) is 5.11. The number of anilines is 1. The molecule has 0 unspecified atom stereocenters. The lowest BCUT2D eigenvalue weighted by molar-refractivity contribution is 0.271. The number of para-hydroxylation sites is 1. The maximum atomic E-state index is 6.43. The summed E-state index contributed by atoms with van der Waals surface area (Å²) >= 11 is 6.43. The van der Waals surface area contributed by atoms with E-state index < -0.39 is 0 Å². The van der Waals surface area contributed by atoms with Crippen molar-refractivity contribution < 1.29 is 0 Å². The summed E-state index contributed by atoms with van der Waals surface area (Å²) in [6.45, 7) is 9.37. The molecule has 1 aromatic carbocycles. The topological polar surface area (TPSA) is 36.7 Å². The molecular formula is C17H20ClN5. The Kier molecular flexibility index (Phi) is 3.62. The second-order valence-electron chi connectivity index (χ2n) is 6.01. The summed E-state index contributed by atoms with van der Waals surface area (Å²) in [5, 5.41) is 6.32. The van der Waals surface area contributed by atoms with Gasteiger partial charge in [0.15, 0.2) is 5.65 Å². The molecule has 0 radical (unpaired) electrons. The van der Waals surface area contributed by atoms with Crippen LogP contribution in [-0.4, -0.2) is 52.2 Å². The molecule has 3 aromatic rings. The number of halogens is 1. The minimum absolute atomic E-state index is 0.643. The van der Waals surface area contributed by atoms with Gasteiger partial charge in [0.1, 0.15) is 10.8 Å². The molecule has 0 atom stereocenters. The Morgan fingerprint density at radius 3 is 2.61 bits per heavy atom. The molecule has 0 saturated carbocycles. The van der Waals surface area contributed by atoms with Crippen molar-refractivity contribution in [2.24, 2.45) is 0 Å². The zero-order valence-corrected chi connectivity index (χ0v) is 14.2. The van der Waals surface area contributed by atoms with Crippen LogP contribution in [0.3, 0.4) is 0 Å². The second-order valence-corrected chi connectivity index (χ2v) is 6.39. The van der Waals surface area contributed by atoms with Gasteiger partial charge in [-0.15, -0.1) is 0 Å². The van der Waals surface area contributed by atoms with E-state index in [9.17, 15) is 0 Å². The first-order chi connectivity index (χ1) is 11.2. The highest BCUT2D eigenvalue weighted by Crippen LogP contribution is 2.30. The molecule has 0 bridgehead atoms. The molecule has 1 saturated heterocycles. The van der Waals surface area contributed by atoms with E-state index in [1.54, 1.807) is 0 Å². The first-order valence-corrected chi connectivity index (χ1v) is 8.47. The Bertz CT molecular complexity index is 864. The average Bonchev–Trinajstić information content (AvgIpc) is 2.89. The van der Waals surface area contributed by atoms with Crippen LogP contribution in [0.15, 0.2) is 24.3 Å². The number of rotatable bonds is 2. The van der Waals surface area contributed by atoms with Gasteiger partial charge in [-0.1, -0.05) is 30.7 Å². The van der Waals surface area contributed by atoms with Crippen LogP contribution in [0.5, 0.6) is 0 Å². The van der Waals surface area contributed by atoms with Gasteiger partial charge in [-0.05, 0) is 25.6 Å². The molecule has 1 aliphatic rings. The standard InChI is InChI=1S/C17H20ClN5/c1-3-21-8-10-22(11-9-21)16-13-6-4-5-7-14(13)23-17(19-16)15(18)12(2)20-23/h4-7H,3,8-11H2,1-2H3. The first kappa shape index (κ1) is 14.7. The maximum Gasteiger partial charge on any atom is 0.176 e. The normalized spacial score (nSPS) is 16.6. The summed E-state index contributed by atoms with van der Waals surface area (Å²) in [4.78, 5) is 9.71. The van der Waals surface area contributed by atoms with Gasteiger partial charge in [-0.25, -0.2) is 9.50 Å². The van der Waals surface area contributed by atoms with E-state index in [-0.39, 0.29) is 0 Å². The van der Waals surface area contributed by atoms with Crippen LogP contribution in [0.2, 0.25) is 5.02 Å². The van der Waals surface area contributed by atoms with Crippen LogP contribution in [0.25, 0.3) is 16.6 Å². The molecule has 0 amide bonds. The number of nitrogens with zero attached hydrogens (tertiary/aromatic N) is 5. The highest BCUT2D eigenvalue weighted by atomic mass is 35.5. The minimum Gasteiger partial charge on any atom is -0.353 e. The lowest BCUT2D eigenvalue weighted by atomic mass is 10.2. The summed E-state index contributed by atoms with van der Waals surface area (Å²) in [6.07, 6.45) is 0. The third-order valence-electron chi connectivity index (χ3n) is 4.67. The molecule has 3 heterocycles. The van der Waals surface area contributed by atoms with Crippen molar-refractivity contribution in [2.45, 2.75) is 13.8 Å². The molecule has 120 valence electrons. The molecule has 0 spiro atoms. The number of fused-ring (bicyclic) bond motifs is 3. The summed E-state index contributed by atoms with van der Waals surface area (Å²) in [5.41, 5.74) is 2.62. The van der Waals surface area contributed by atoms with Crippen LogP contribution in [0, 0.1) is 6.92 Å². The monoisotopic (exact) mass is 329 g/mol. The molecule has 2 aromatic heterocycles. The fraction of sp³-hybridized carbons (Fsp3) is 0.412. The van der Waals surface area contributed by atoms with Gasteiger partial charge in [0.25, 0.3) is 0 Å². The highest BCUT2D eigenvalue weighted by Gasteiger charge is 2.21. The molecule has 23 heavy (non-hydrogen) atoms. The van der Waals surface area contributed by atoms with Crippen molar-refractivity contribution in [1.29, 1.82) is 0 Å². The zero-order chi connectivity index (χ0) is 16.0. The van der Waals surface area contributed by atoms with E-state index in [1.165, 1.54) is 0 Å². The summed E-state index contributed by atoms with van der Waals surface area (Å²) in [6, 6.07) is 8.29. The van der Waals surface area contributed by atoms with E-state index in [4.69, 9.17) is 16.6 Å². The SMILES string of the molecule is CCN1CCN(c2nc3c(Cl)c(C)nn3c3ccccc23)CC1. The molecule has 0 aliphatic carbocycles. The molecule has 4 rings (SSSR count). The highest BCUT2D eigenvalue weighted by molar-refractivity contribution is 6.34. The van der Waals surface area contributed by atoms with Gasteiger partial charge in [0.2, 0.25) is 0 Å². The van der Waals surface area contributed by atoms with E-state index in [0.717, 1.165) is 60.8 Å². The smallest absolute Gasteiger partial charge is 0.176 e. The van der Waals surface area contributed by atoms with Crippen molar-refractivity contribution in [1.82, 2.24) is 19.5 Å². The number of aromatic nitrogens is 3. The number of hydrogen-bond donors (Lipinski definition) is 0. The van der Waals surface area contributed by atoms with Crippen molar-refractivity contribution >= 4 is 34.0 Å². The molecule has 5 nitrogen and oxygen atoms in total. The lowest BCUT2D eigenvalue weighted by Crippen LogP contribution is -2.46. The third kappa shape index (κ3) is 2.35. The van der Waals surface area contributed by atoms with Crippen molar-refractivity contribution in [3.63, 3.8) is 0 Å². The minimum atomic E-state index is 0.643. The van der Waals surface area contributed by atoms with E-state index in [1.807, 2.05) is 17.5 Å². The molecule has 1 fully saturated rings. The average molecular weight is 330 g/mol. The fourth-order valence-electron chi connectivity index (χ4n) is 3.29.